The minimum atomic E-state index is 0.0713. The molecule has 0 radical (unpaired) electrons. The summed E-state index contributed by atoms with van der Waals surface area (Å²) in [6.07, 6.45) is 0.557. The monoisotopic (exact) mass is 223 g/mol. The van der Waals surface area contributed by atoms with Gasteiger partial charge in [-0.1, -0.05) is 6.92 Å². The molecule has 80 valence electrons. The summed E-state index contributed by atoms with van der Waals surface area (Å²) in [6, 6.07) is 5.76. The zero-order chi connectivity index (χ0) is 10.8. The number of carbonyl (C=O) groups excluding carboxylic acids is 1. The number of carbonyl (C=O) groups is 1. The van der Waals surface area contributed by atoms with Gasteiger partial charge in [0.1, 0.15) is 5.75 Å². The van der Waals surface area contributed by atoms with E-state index in [4.69, 9.17) is 4.74 Å². The number of rotatable bonds is 1. The second kappa shape index (κ2) is 4.14. The Hall–Kier alpha value is -1.16. The maximum absolute atomic E-state index is 11.5. The first-order chi connectivity index (χ1) is 7.19. The van der Waals surface area contributed by atoms with Crippen molar-refractivity contribution in [3.63, 3.8) is 0 Å². The van der Waals surface area contributed by atoms with E-state index in [1.54, 1.807) is 18.9 Å². The number of hydrogen-bond donors (Lipinski definition) is 1. The highest BCUT2D eigenvalue weighted by atomic mass is 32.2. The van der Waals surface area contributed by atoms with Gasteiger partial charge < -0.3 is 10.1 Å². The number of benzene rings is 1. The van der Waals surface area contributed by atoms with Crippen LogP contribution in [-0.4, -0.2) is 18.3 Å². The van der Waals surface area contributed by atoms with Crippen molar-refractivity contribution in [1.82, 2.24) is 0 Å². The minimum absolute atomic E-state index is 0.0713. The predicted octanol–water partition coefficient (Wildman–Crippen LogP) is 2.52. The normalized spacial score (nSPS) is 20.1. The van der Waals surface area contributed by atoms with Gasteiger partial charge >= 0.3 is 0 Å². The topological polar surface area (TPSA) is 38.3 Å². The summed E-state index contributed by atoms with van der Waals surface area (Å²) in [5, 5.41) is 3.21. The number of amides is 1. The van der Waals surface area contributed by atoms with Crippen molar-refractivity contribution < 1.29 is 9.53 Å². The fourth-order valence-electron chi connectivity index (χ4n) is 1.56. The van der Waals surface area contributed by atoms with E-state index in [0.717, 1.165) is 16.3 Å². The number of hydrogen-bond acceptors (Lipinski definition) is 3. The smallest absolute Gasteiger partial charge is 0.225 e. The Labute approximate surface area is 93.2 Å². The van der Waals surface area contributed by atoms with Crippen LogP contribution in [0.5, 0.6) is 5.75 Å². The molecule has 15 heavy (non-hydrogen) atoms. The van der Waals surface area contributed by atoms with Gasteiger partial charge in [-0.15, -0.1) is 11.8 Å². The van der Waals surface area contributed by atoms with Crippen molar-refractivity contribution in [3.05, 3.63) is 18.2 Å². The average Bonchev–Trinajstić information content (AvgIpc) is 2.33. The molecule has 3 nitrogen and oxygen atoms in total. The van der Waals surface area contributed by atoms with Gasteiger partial charge in [0.2, 0.25) is 5.91 Å². The zero-order valence-electron chi connectivity index (χ0n) is 8.74. The van der Waals surface area contributed by atoms with E-state index in [1.807, 2.05) is 18.2 Å². The lowest BCUT2D eigenvalue weighted by Gasteiger charge is -2.08. The summed E-state index contributed by atoms with van der Waals surface area (Å²) >= 11 is 1.72. The van der Waals surface area contributed by atoms with E-state index in [-0.39, 0.29) is 5.91 Å². The van der Waals surface area contributed by atoms with Gasteiger partial charge in [0.15, 0.2) is 0 Å². The lowest BCUT2D eigenvalue weighted by molar-refractivity contribution is -0.116. The third kappa shape index (κ3) is 2.26. The lowest BCUT2D eigenvalue weighted by Crippen LogP contribution is -2.13. The number of thioether (sulfide) groups is 1. The Morgan fingerprint density at radius 3 is 3.07 bits per heavy atom. The zero-order valence-corrected chi connectivity index (χ0v) is 9.56. The van der Waals surface area contributed by atoms with E-state index in [9.17, 15) is 4.79 Å². The van der Waals surface area contributed by atoms with Crippen molar-refractivity contribution in [2.24, 2.45) is 0 Å². The predicted molar refractivity (Wildman–Crippen MR) is 61.6 cm³/mol. The molecule has 1 aliphatic rings. The van der Waals surface area contributed by atoms with Crippen LogP contribution < -0.4 is 10.1 Å². The molecule has 1 aromatic rings. The van der Waals surface area contributed by atoms with Crippen LogP contribution in [0, 0.1) is 0 Å². The summed E-state index contributed by atoms with van der Waals surface area (Å²) in [7, 11) is 1.62. The quantitative estimate of drug-likeness (QED) is 0.795. The van der Waals surface area contributed by atoms with Crippen LogP contribution in [0.1, 0.15) is 13.3 Å². The van der Waals surface area contributed by atoms with Crippen LogP contribution >= 0.6 is 11.8 Å². The van der Waals surface area contributed by atoms with E-state index in [1.165, 1.54) is 0 Å². The molecule has 1 aromatic carbocycles. The van der Waals surface area contributed by atoms with Gasteiger partial charge in [0.05, 0.1) is 12.8 Å². The summed E-state index contributed by atoms with van der Waals surface area (Å²) in [6.45, 7) is 2.06. The van der Waals surface area contributed by atoms with Gasteiger partial charge in [-0.3, -0.25) is 4.79 Å². The Balaban J connectivity index is 2.37. The number of ether oxygens (including phenoxy) is 1. The molecule has 0 aliphatic carbocycles. The molecular weight excluding hydrogens is 210 g/mol. The Morgan fingerprint density at radius 1 is 1.53 bits per heavy atom. The summed E-state index contributed by atoms with van der Waals surface area (Å²) in [5.41, 5.74) is 0.855. The second-order valence-corrected chi connectivity index (χ2v) is 5.02. The minimum Gasteiger partial charge on any atom is -0.497 e. The van der Waals surface area contributed by atoms with Gasteiger partial charge in [0, 0.05) is 22.6 Å². The molecule has 0 fully saturated rings. The van der Waals surface area contributed by atoms with Crippen LogP contribution in [0.25, 0.3) is 0 Å². The fraction of sp³-hybridized carbons (Fsp3) is 0.364. The molecule has 0 bridgehead atoms. The summed E-state index contributed by atoms with van der Waals surface area (Å²) in [5.74, 6) is 0.839. The first-order valence-electron chi connectivity index (χ1n) is 4.83. The standard InChI is InChI=1S/C11H13NO2S/c1-7-5-11(13)12-9-6-8(14-2)3-4-10(9)15-7/h3-4,6-7H,5H2,1-2H3,(H,12,13). The molecule has 1 unspecified atom stereocenters. The molecule has 0 saturated carbocycles. The first kappa shape index (κ1) is 10.4. The molecule has 1 amide bonds. The van der Waals surface area contributed by atoms with Crippen LogP contribution in [-0.2, 0) is 4.79 Å². The van der Waals surface area contributed by atoms with E-state index >= 15 is 0 Å². The van der Waals surface area contributed by atoms with Crippen LogP contribution in [0.2, 0.25) is 0 Å². The van der Waals surface area contributed by atoms with Crippen molar-refractivity contribution in [1.29, 1.82) is 0 Å². The highest BCUT2D eigenvalue weighted by Gasteiger charge is 2.18. The van der Waals surface area contributed by atoms with Crippen molar-refractivity contribution in [2.45, 2.75) is 23.5 Å². The Bertz CT molecular complexity index is 392. The number of nitrogens with one attached hydrogen (secondary N) is 1. The SMILES string of the molecule is COc1ccc2c(c1)NC(=O)CC(C)S2. The summed E-state index contributed by atoms with van der Waals surface area (Å²) < 4.78 is 5.12. The van der Waals surface area contributed by atoms with Gasteiger partial charge in [0.25, 0.3) is 0 Å². The highest BCUT2D eigenvalue weighted by molar-refractivity contribution is 8.00. The molecule has 2 rings (SSSR count). The molecule has 4 heteroatoms. The van der Waals surface area contributed by atoms with Gasteiger partial charge in [-0.25, -0.2) is 0 Å². The van der Waals surface area contributed by atoms with E-state index in [2.05, 4.69) is 12.2 Å². The third-order valence-corrected chi connectivity index (χ3v) is 3.44. The summed E-state index contributed by atoms with van der Waals surface area (Å²) in [4.78, 5) is 12.6. The maximum Gasteiger partial charge on any atom is 0.225 e. The van der Waals surface area contributed by atoms with Gasteiger partial charge in [-0.2, -0.15) is 0 Å². The first-order valence-corrected chi connectivity index (χ1v) is 5.71. The molecule has 1 heterocycles. The fourth-order valence-corrected chi connectivity index (χ4v) is 2.61. The molecule has 1 aliphatic heterocycles. The molecule has 0 aromatic heterocycles. The number of anilines is 1. The second-order valence-electron chi connectivity index (χ2n) is 3.54. The number of fused-ring (bicyclic) bond motifs is 1. The van der Waals surface area contributed by atoms with Crippen molar-refractivity contribution >= 4 is 23.4 Å². The molecule has 0 spiro atoms. The van der Waals surface area contributed by atoms with Crippen molar-refractivity contribution in [2.75, 3.05) is 12.4 Å². The van der Waals surface area contributed by atoms with E-state index in [0.29, 0.717) is 11.7 Å². The highest BCUT2D eigenvalue weighted by Crippen LogP contribution is 2.36. The van der Waals surface area contributed by atoms with E-state index < -0.39 is 0 Å². The third-order valence-electron chi connectivity index (χ3n) is 2.26. The average molecular weight is 223 g/mol. The van der Waals surface area contributed by atoms with Gasteiger partial charge in [-0.05, 0) is 12.1 Å². The van der Waals surface area contributed by atoms with Crippen molar-refractivity contribution in [3.8, 4) is 5.75 Å². The Morgan fingerprint density at radius 2 is 2.33 bits per heavy atom. The molecule has 0 saturated heterocycles. The Kier molecular flexibility index (Phi) is 2.86. The lowest BCUT2D eigenvalue weighted by atomic mass is 10.2. The molecular formula is C11H13NO2S. The maximum atomic E-state index is 11.5. The van der Waals surface area contributed by atoms with Crippen LogP contribution in [0.3, 0.4) is 0 Å². The van der Waals surface area contributed by atoms with Crippen LogP contribution in [0.4, 0.5) is 5.69 Å². The van der Waals surface area contributed by atoms with Crippen LogP contribution in [0.15, 0.2) is 23.1 Å². The molecule has 1 N–H and O–H groups in total. The largest absolute Gasteiger partial charge is 0.497 e. The molecule has 1 atom stereocenters. The number of methoxy groups -OCH3 is 1.